The van der Waals surface area contributed by atoms with Gasteiger partial charge in [0.25, 0.3) is 0 Å². The fraction of sp³-hybridized carbons (Fsp3) is 0.417. The number of sulfone groups is 1. The lowest BCUT2D eigenvalue weighted by atomic mass is 10.2. The van der Waals surface area contributed by atoms with E-state index in [9.17, 15) is 13.2 Å². The highest BCUT2D eigenvalue weighted by atomic mass is 35.5. The number of ether oxygens (including phenoxy) is 1. The van der Waals surface area contributed by atoms with Crippen molar-refractivity contribution in [2.24, 2.45) is 0 Å². The summed E-state index contributed by atoms with van der Waals surface area (Å²) in [4.78, 5) is 10.8. The minimum atomic E-state index is -3.65. The lowest BCUT2D eigenvalue weighted by Gasteiger charge is -2.09. The standard InChI is InChI=1S/C12H14Cl2O5S/c1-19-6-2-3-7-20(17,18)9-5-4-8(13)10(11(9)14)12(15)16/h4-5H,2-3,6-7H2,1H3,(H,15,16). The summed E-state index contributed by atoms with van der Waals surface area (Å²) in [6, 6.07) is 2.45. The van der Waals surface area contributed by atoms with E-state index >= 15 is 0 Å². The Morgan fingerprint density at radius 3 is 2.50 bits per heavy atom. The monoisotopic (exact) mass is 340 g/mol. The molecule has 0 saturated carbocycles. The summed E-state index contributed by atoms with van der Waals surface area (Å²) in [6.07, 6.45) is 0.990. The molecule has 1 aromatic rings. The Morgan fingerprint density at radius 2 is 1.95 bits per heavy atom. The Hall–Kier alpha value is -0.820. The Balaban J connectivity index is 3.07. The van der Waals surface area contributed by atoms with Crippen LogP contribution in [0.4, 0.5) is 0 Å². The van der Waals surface area contributed by atoms with Gasteiger partial charge in [0.2, 0.25) is 0 Å². The van der Waals surface area contributed by atoms with Crippen LogP contribution in [0.3, 0.4) is 0 Å². The van der Waals surface area contributed by atoms with Crippen molar-refractivity contribution in [3.63, 3.8) is 0 Å². The summed E-state index contributed by atoms with van der Waals surface area (Å²) in [5.74, 6) is -1.49. The Bertz CT molecular complexity index is 598. The van der Waals surface area contributed by atoms with Crippen LogP contribution in [0.5, 0.6) is 0 Å². The molecule has 0 aliphatic heterocycles. The Kier molecular flexibility index (Phi) is 6.26. The number of methoxy groups -OCH3 is 1. The number of unbranched alkanes of at least 4 members (excludes halogenated alkanes) is 1. The molecule has 8 heteroatoms. The van der Waals surface area contributed by atoms with Crippen molar-refractivity contribution in [2.45, 2.75) is 17.7 Å². The highest BCUT2D eigenvalue weighted by molar-refractivity contribution is 7.91. The molecule has 1 aromatic carbocycles. The second-order valence-electron chi connectivity index (χ2n) is 4.06. The van der Waals surface area contributed by atoms with Gasteiger partial charge in [-0.2, -0.15) is 0 Å². The van der Waals surface area contributed by atoms with E-state index in [-0.39, 0.29) is 20.7 Å². The number of hydrogen-bond donors (Lipinski definition) is 1. The Morgan fingerprint density at radius 1 is 1.30 bits per heavy atom. The van der Waals surface area contributed by atoms with E-state index in [0.29, 0.717) is 19.4 Å². The number of carboxylic acids is 1. The van der Waals surface area contributed by atoms with E-state index in [1.54, 1.807) is 0 Å². The SMILES string of the molecule is COCCCCS(=O)(=O)c1ccc(Cl)c(C(=O)O)c1Cl. The van der Waals surface area contributed by atoms with Gasteiger partial charge in [-0.25, -0.2) is 13.2 Å². The predicted octanol–water partition coefficient (Wildman–Crippen LogP) is 2.89. The molecular weight excluding hydrogens is 327 g/mol. The first-order valence-electron chi connectivity index (χ1n) is 5.74. The van der Waals surface area contributed by atoms with Crippen LogP contribution in [0.15, 0.2) is 17.0 Å². The number of hydrogen-bond acceptors (Lipinski definition) is 4. The molecule has 0 unspecified atom stereocenters. The van der Waals surface area contributed by atoms with Gasteiger partial charge in [0.1, 0.15) is 0 Å². The molecule has 0 amide bonds. The minimum absolute atomic E-state index is 0.0965. The topological polar surface area (TPSA) is 80.7 Å². The fourth-order valence-corrected chi connectivity index (χ4v) is 3.96. The molecule has 20 heavy (non-hydrogen) atoms. The zero-order valence-corrected chi connectivity index (χ0v) is 13.1. The number of rotatable bonds is 7. The van der Waals surface area contributed by atoms with E-state index < -0.39 is 21.4 Å². The van der Waals surface area contributed by atoms with Crippen LogP contribution in [0.1, 0.15) is 23.2 Å². The van der Waals surface area contributed by atoms with Gasteiger partial charge in [-0.15, -0.1) is 0 Å². The van der Waals surface area contributed by atoms with Crippen LogP contribution in [0.2, 0.25) is 10.0 Å². The average molecular weight is 341 g/mol. The zero-order chi connectivity index (χ0) is 15.3. The van der Waals surface area contributed by atoms with E-state index in [2.05, 4.69) is 0 Å². The summed E-state index contributed by atoms with van der Waals surface area (Å²) in [5, 5.41) is 8.56. The molecular formula is C12H14Cl2O5S. The molecule has 1 N–H and O–H groups in total. The van der Waals surface area contributed by atoms with Gasteiger partial charge in [0.05, 0.1) is 26.3 Å². The van der Waals surface area contributed by atoms with Gasteiger partial charge in [0.15, 0.2) is 9.84 Å². The second kappa shape index (κ2) is 7.26. The largest absolute Gasteiger partial charge is 0.478 e. The molecule has 0 spiro atoms. The molecule has 0 bridgehead atoms. The van der Waals surface area contributed by atoms with Crippen molar-refractivity contribution in [3.8, 4) is 0 Å². The summed E-state index contributed by atoms with van der Waals surface area (Å²) < 4.78 is 29.1. The molecule has 0 saturated heterocycles. The molecule has 0 aromatic heterocycles. The quantitative estimate of drug-likeness (QED) is 0.772. The summed E-state index contributed by atoms with van der Waals surface area (Å²) in [7, 11) is -2.12. The number of halogens is 2. The molecule has 0 aliphatic rings. The third-order valence-corrected chi connectivity index (χ3v) is 5.27. The van der Waals surface area contributed by atoms with Crippen LogP contribution < -0.4 is 0 Å². The highest BCUT2D eigenvalue weighted by Gasteiger charge is 2.24. The molecule has 0 fully saturated rings. The number of carboxylic acid groups (broad SMARTS) is 1. The first-order chi connectivity index (χ1) is 9.31. The van der Waals surface area contributed by atoms with Gasteiger partial charge >= 0.3 is 5.97 Å². The first kappa shape index (κ1) is 17.2. The third-order valence-electron chi connectivity index (χ3n) is 2.62. The molecule has 112 valence electrons. The predicted molar refractivity (Wildman–Crippen MR) is 76.6 cm³/mol. The summed E-state index contributed by atoms with van der Waals surface area (Å²) >= 11 is 11.6. The van der Waals surface area contributed by atoms with Crippen molar-refractivity contribution in [2.75, 3.05) is 19.5 Å². The van der Waals surface area contributed by atoms with Crippen LogP contribution in [0, 0.1) is 0 Å². The van der Waals surface area contributed by atoms with Crippen molar-refractivity contribution >= 4 is 39.0 Å². The summed E-state index contributed by atoms with van der Waals surface area (Å²) in [5.41, 5.74) is -0.397. The molecule has 0 radical (unpaired) electrons. The maximum atomic E-state index is 12.1. The zero-order valence-electron chi connectivity index (χ0n) is 10.7. The average Bonchev–Trinajstić information content (AvgIpc) is 2.34. The molecule has 0 heterocycles. The van der Waals surface area contributed by atoms with Crippen molar-refractivity contribution < 1.29 is 23.1 Å². The van der Waals surface area contributed by atoms with Crippen LogP contribution >= 0.6 is 23.2 Å². The van der Waals surface area contributed by atoms with E-state index in [1.165, 1.54) is 19.2 Å². The smallest absolute Gasteiger partial charge is 0.338 e. The normalized spacial score (nSPS) is 11.6. The van der Waals surface area contributed by atoms with Crippen molar-refractivity contribution in [1.29, 1.82) is 0 Å². The van der Waals surface area contributed by atoms with Crippen molar-refractivity contribution in [3.05, 3.63) is 27.7 Å². The van der Waals surface area contributed by atoms with E-state index in [0.717, 1.165) is 0 Å². The Labute approximate surface area is 127 Å². The van der Waals surface area contributed by atoms with E-state index in [1.807, 2.05) is 0 Å². The van der Waals surface area contributed by atoms with Crippen LogP contribution in [-0.4, -0.2) is 39.0 Å². The first-order valence-corrected chi connectivity index (χ1v) is 8.15. The van der Waals surface area contributed by atoms with Crippen LogP contribution in [-0.2, 0) is 14.6 Å². The van der Waals surface area contributed by atoms with Gasteiger partial charge in [0, 0.05) is 13.7 Å². The second-order valence-corrected chi connectivity index (χ2v) is 6.92. The van der Waals surface area contributed by atoms with Gasteiger partial charge < -0.3 is 9.84 Å². The molecule has 0 aliphatic carbocycles. The molecule has 0 atom stereocenters. The minimum Gasteiger partial charge on any atom is -0.478 e. The maximum absolute atomic E-state index is 12.1. The molecule has 5 nitrogen and oxygen atoms in total. The number of carbonyl (C=O) groups is 1. The lowest BCUT2D eigenvalue weighted by molar-refractivity contribution is 0.0697. The number of benzene rings is 1. The van der Waals surface area contributed by atoms with E-state index in [4.69, 9.17) is 33.0 Å². The van der Waals surface area contributed by atoms with Gasteiger partial charge in [-0.1, -0.05) is 23.2 Å². The number of aromatic carboxylic acids is 1. The maximum Gasteiger partial charge on any atom is 0.338 e. The fourth-order valence-electron chi connectivity index (χ4n) is 1.62. The summed E-state index contributed by atoms with van der Waals surface area (Å²) in [6.45, 7) is 0.463. The third kappa shape index (κ3) is 4.09. The van der Waals surface area contributed by atoms with Crippen molar-refractivity contribution in [1.82, 2.24) is 0 Å². The molecule has 1 rings (SSSR count). The lowest BCUT2D eigenvalue weighted by Crippen LogP contribution is -2.11. The van der Waals surface area contributed by atoms with Gasteiger partial charge in [-0.05, 0) is 25.0 Å². The highest BCUT2D eigenvalue weighted by Crippen LogP contribution is 2.31. The van der Waals surface area contributed by atoms with Crippen LogP contribution in [0.25, 0.3) is 0 Å². The van der Waals surface area contributed by atoms with Gasteiger partial charge in [-0.3, -0.25) is 0 Å².